The first-order valence-corrected chi connectivity index (χ1v) is 28.0. The van der Waals surface area contributed by atoms with Gasteiger partial charge in [-0.25, -0.2) is 13.9 Å². The summed E-state index contributed by atoms with van der Waals surface area (Å²) in [5.74, 6) is -1.41. The summed E-state index contributed by atoms with van der Waals surface area (Å²) in [7, 11) is -10.9. The number of nitrogens with two attached hydrogens (primary N) is 1. The normalized spacial score (nSPS) is 20.2. The number of aliphatic hydroxyl groups is 3. The number of carbonyl (C=O) groups excluding carboxylic acids is 2. The Morgan fingerprint density at radius 2 is 1.27 bits per heavy atom. The summed E-state index contributed by atoms with van der Waals surface area (Å²) >= 11 is 0. The number of hydrogen-bond donors (Lipinski definition) is 6. The van der Waals surface area contributed by atoms with E-state index < -0.39 is 83.7 Å². The van der Waals surface area contributed by atoms with Gasteiger partial charge in [0.15, 0.2) is 12.3 Å². The van der Waals surface area contributed by atoms with Crippen LogP contribution in [0.3, 0.4) is 0 Å². The summed E-state index contributed by atoms with van der Waals surface area (Å²) in [5, 5.41) is 30.5. The molecule has 7 N–H and O–H groups in total. The van der Waals surface area contributed by atoms with Crippen molar-refractivity contribution in [3.63, 3.8) is 0 Å². The molecule has 1 aliphatic rings. The number of carbonyl (C=O) groups is 2. The fourth-order valence-corrected chi connectivity index (χ4v) is 8.95. The number of aromatic nitrogens is 2. The topological polar surface area (TPSA) is 286 Å². The number of anilines is 1. The summed E-state index contributed by atoms with van der Waals surface area (Å²) in [6.07, 6.45) is 35.0. The number of hydrogen-bond acceptors (Lipinski definition) is 16. The number of nitrogens with zero attached hydrogens (tertiary/aromatic N) is 2. The van der Waals surface area contributed by atoms with Gasteiger partial charge in [0.2, 0.25) is 0 Å². The molecule has 71 heavy (non-hydrogen) atoms. The standard InChI is InChI=1S/C50H81N3O16P2/c1-3-5-6-7-8-9-10-11-12-17-20-23-26-29-32-35-46(56)67-42(38-64-45(55)34-31-28-25-22-19-16-14-13-15-18-21-24-27-30-33-41(54)4-2)39-65-70(60,61)69-71(62,63)66-40-43-47(57)48(58)49(68-43)53-37-36-44(51)52-50(53)59/h8-9,11-12,14-16,18,22,24-25,27,36-37,41-43,47-49,54,57-58H,3-7,10,13,17,19-21,23,26,28-35,38-40H2,1-2H3,(H,60,61)(H,62,63)(H2,51,52,59)/b9-8-,12-11-,16-14-,18-15-,25-22-,27-24-/t41-,42+,43+,47+,48+,49+/m0/s1. The number of aliphatic hydroxyl groups excluding tert-OH is 3. The molecule has 0 radical (unpaired) electrons. The van der Waals surface area contributed by atoms with E-state index in [1.54, 1.807) is 0 Å². The van der Waals surface area contributed by atoms with E-state index in [1.807, 2.05) is 25.2 Å². The number of esters is 2. The third-order valence-electron chi connectivity index (χ3n) is 10.9. The number of rotatable bonds is 40. The van der Waals surface area contributed by atoms with E-state index in [-0.39, 0.29) is 24.8 Å². The number of unbranched alkanes of at least 4 members (excludes halogenated alkanes) is 9. The van der Waals surface area contributed by atoms with Crippen LogP contribution in [0, 0.1) is 0 Å². The molecule has 1 aromatic heterocycles. The van der Waals surface area contributed by atoms with Crippen molar-refractivity contribution >= 4 is 33.4 Å². The third-order valence-corrected chi connectivity index (χ3v) is 13.5. The van der Waals surface area contributed by atoms with Crippen LogP contribution in [0.15, 0.2) is 90.0 Å². The minimum Gasteiger partial charge on any atom is -0.462 e. The zero-order valence-corrected chi connectivity index (χ0v) is 43.4. The lowest BCUT2D eigenvalue weighted by atomic mass is 10.1. The van der Waals surface area contributed by atoms with Crippen LogP contribution in [0.4, 0.5) is 5.82 Å². The Labute approximate surface area is 419 Å². The monoisotopic (exact) mass is 1040 g/mol. The van der Waals surface area contributed by atoms with Gasteiger partial charge in [-0.1, -0.05) is 119 Å². The van der Waals surface area contributed by atoms with Crippen LogP contribution < -0.4 is 11.4 Å². The fourth-order valence-electron chi connectivity index (χ4n) is 6.84. The van der Waals surface area contributed by atoms with Gasteiger partial charge in [-0.15, -0.1) is 0 Å². The van der Waals surface area contributed by atoms with E-state index in [2.05, 4.69) is 70.9 Å². The minimum absolute atomic E-state index is 0.0120. The fraction of sp³-hybridized carbons (Fsp3) is 0.640. The van der Waals surface area contributed by atoms with E-state index >= 15 is 0 Å². The summed E-state index contributed by atoms with van der Waals surface area (Å²) in [5.41, 5.74) is 4.57. The van der Waals surface area contributed by atoms with Gasteiger partial charge < -0.3 is 45.1 Å². The van der Waals surface area contributed by atoms with Gasteiger partial charge in [-0.2, -0.15) is 9.29 Å². The number of phosphoric ester groups is 2. The number of allylic oxidation sites excluding steroid dienone is 12. The van der Waals surface area contributed by atoms with E-state index in [0.717, 1.165) is 94.2 Å². The molecule has 402 valence electrons. The molecule has 1 aliphatic heterocycles. The Morgan fingerprint density at radius 3 is 1.87 bits per heavy atom. The second-order valence-electron chi connectivity index (χ2n) is 17.1. The zero-order valence-electron chi connectivity index (χ0n) is 41.6. The highest BCUT2D eigenvalue weighted by atomic mass is 31.3. The quantitative estimate of drug-likeness (QED) is 0.0155. The molecule has 0 aromatic carbocycles. The van der Waals surface area contributed by atoms with Crippen LogP contribution in [-0.4, -0.2) is 96.9 Å². The summed E-state index contributed by atoms with van der Waals surface area (Å²) < 4.78 is 56.6. The molecule has 1 fully saturated rings. The highest BCUT2D eigenvalue weighted by Gasteiger charge is 2.46. The number of ether oxygens (including phenoxy) is 3. The maximum Gasteiger partial charge on any atom is 0.481 e. The molecule has 0 bridgehead atoms. The lowest BCUT2D eigenvalue weighted by molar-refractivity contribution is -0.161. The smallest absolute Gasteiger partial charge is 0.462 e. The average Bonchev–Trinajstić information content (AvgIpc) is 3.61. The van der Waals surface area contributed by atoms with Crippen LogP contribution in [0.1, 0.15) is 155 Å². The second-order valence-corrected chi connectivity index (χ2v) is 20.1. The molecule has 1 saturated heterocycles. The van der Waals surface area contributed by atoms with E-state index in [0.29, 0.717) is 19.3 Å². The van der Waals surface area contributed by atoms with Crippen LogP contribution in [0.2, 0.25) is 0 Å². The Kier molecular flexibility index (Phi) is 33.7. The molecule has 2 unspecified atom stereocenters. The van der Waals surface area contributed by atoms with Crippen molar-refractivity contribution in [2.24, 2.45) is 0 Å². The van der Waals surface area contributed by atoms with Crippen molar-refractivity contribution in [3.8, 4) is 0 Å². The first kappa shape index (κ1) is 63.3. The summed E-state index contributed by atoms with van der Waals surface area (Å²) in [6, 6.07) is 1.24. The molecule has 0 aliphatic carbocycles. The Morgan fingerprint density at radius 1 is 0.732 bits per heavy atom. The van der Waals surface area contributed by atoms with Gasteiger partial charge >= 0.3 is 33.3 Å². The Balaban J connectivity index is 1.84. The predicted octanol–water partition coefficient (Wildman–Crippen LogP) is 9.08. The molecule has 0 spiro atoms. The molecule has 8 atom stereocenters. The first-order valence-electron chi connectivity index (χ1n) is 25.0. The van der Waals surface area contributed by atoms with E-state index in [1.165, 1.54) is 25.3 Å². The average molecular weight is 1040 g/mol. The van der Waals surface area contributed by atoms with Gasteiger partial charge in [0.25, 0.3) is 0 Å². The highest BCUT2D eigenvalue weighted by molar-refractivity contribution is 7.61. The molecule has 21 heteroatoms. The lowest BCUT2D eigenvalue weighted by Gasteiger charge is -2.21. The van der Waals surface area contributed by atoms with E-state index in [9.17, 15) is 48.6 Å². The third kappa shape index (κ3) is 30.7. The first-order chi connectivity index (χ1) is 34.1. The van der Waals surface area contributed by atoms with Crippen LogP contribution >= 0.6 is 15.6 Å². The van der Waals surface area contributed by atoms with Gasteiger partial charge in [-0.05, 0) is 96.0 Å². The SMILES string of the molecule is CCCCC/C=C\C/C=C\CCCCCCCC(=O)O[C@H](COC(=O)CCC/C=C\C/C=C\C/C=C\C/C=C\CC[C@@H](O)CC)COP(=O)(O)OP(=O)(O)OC[C@H]1O[C@@H](n2ccc(N)nc2=O)[C@H](O)[C@@H]1O. The highest BCUT2D eigenvalue weighted by Crippen LogP contribution is 2.60. The van der Waals surface area contributed by atoms with Crippen LogP contribution in [0.5, 0.6) is 0 Å². The minimum atomic E-state index is -5.45. The van der Waals surface area contributed by atoms with Gasteiger partial charge in [0.05, 0.1) is 19.3 Å². The second kappa shape index (κ2) is 37.8. The molecule has 2 heterocycles. The molecule has 0 saturated carbocycles. The Bertz CT molecular complexity index is 1990. The zero-order chi connectivity index (χ0) is 52.2. The van der Waals surface area contributed by atoms with Crippen LogP contribution in [-0.2, 0) is 46.3 Å². The molecule has 0 amide bonds. The number of nitrogen functional groups attached to an aromatic ring is 1. The van der Waals surface area contributed by atoms with Crippen molar-refractivity contribution in [1.29, 1.82) is 0 Å². The predicted molar refractivity (Wildman–Crippen MR) is 271 cm³/mol. The van der Waals surface area contributed by atoms with Gasteiger partial charge in [0, 0.05) is 19.0 Å². The Hall–Kier alpha value is -3.84. The molecular formula is C50H81N3O16P2. The summed E-state index contributed by atoms with van der Waals surface area (Å²) in [6.45, 7) is 1.77. The number of phosphoric acid groups is 2. The van der Waals surface area contributed by atoms with Crippen molar-refractivity contribution in [3.05, 3.63) is 95.7 Å². The molecular weight excluding hydrogens is 961 g/mol. The van der Waals surface area contributed by atoms with Gasteiger partial charge in [0.1, 0.15) is 30.7 Å². The van der Waals surface area contributed by atoms with Crippen molar-refractivity contribution < 1.29 is 71.4 Å². The maximum atomic E-state index is 12.8. The lowest BCUT2D eigenvalue weighted by Crippen LogP contribution is -2.36. The van der Waals surface area contributed by atoms with Crippen molar-refractivity contribution in [1.82, 2.24) is 9.55 Å². The maximum absolute atomic E-state index is 12.8. The molecule has 19 nitrogen and oxygen atoms in total. The molecule has 2 rings (SSSR count). The van der Waals surface area contributed by atoms with Crippen molar-refractivity contribution in [2.45, 2.75) is 185 Å². The van der Waals surface area contributed by atoms with Gasteiger partial charge in [-0.3, -0.25) is 23.2 Å². The molecule has 1 aromatic rings. The van der Waals surface area contributed by atoms with Crippen molar-refractivity contribution in [2.75, 3.05) is 25.6 Å². The van der Waals surface area contributed by atoms with Crippen LogP contribution in [0.25, 0.3) is 0 Å². The summed E-state index contributed by atoms with van der Waals surface area (Å²) in [4.78, 5) is 61.8. The van der Waals surface area contributed by atoms with E-state index in [4.69, 9.17) is 29.0 Å². The largest absolute Gasteiger partial charge is 0.481 e.